The van der Waals surface area contributed by atoms with Crippen molar-refractivity contribution in [2.24, 2.45) is 21.5 Å². The van der Waals surface area contributed by atoms with Crippen LogP contribution in [0.4, 0.5) is 18.9 Å². The van der Waals surface area contributed by atoms with Crippen molar-refractivity contribution in [3.63, 3.8) is 0 Å². The minimum Gasteiger partial charge on any atom is -0.369 e. The van der Waals surface area contributed by atoms with E-state index in [0.29, 0.717) is 12.2 Å². The molecule has 110 valence electrons. The summed E-state index contributed by atoms with van der Waals surface area (Å²) in [7, 11) is 0. The smallest absolute Gasteiger partial charge is 0.369 e. The molecule has 0 aliphatic rings. The van der Waals surface area contributed by atoms with Gasteiger partial charge in [-0.3, -0.25) is 4.99 Å². The summed E-state index contributed by atoms with van der Waals surface area (Å²) < 4.78 is 37.1. The van der Waals surface area contributed by atoms with Crippen molar-refractivity contribution in [2.45, 2.75) is 19.5 Å². The normalized spacial score (nSPS) is 13.4. The van der Waals surface area contributed by atoms with Crippen LogP contribution in [0.15, 0.2) is 34.3 Å². The summed E-state index contributed by atoms with van der Waals surface area (Å²) in [5.74, 6) is -0.0223. The molecule has 0 heterocycles. The van der Waals surface area contributed by atoms with Crippen molar-refractivity contribution < 1.29 is 13.2 Å². The van der Waals surface area contributed by atoms with Gasteiger partial charge in [-0.05, 0) is 30.7 Å². The van der Waals surface area contributed by atoms with Gasteiger partial charge in [0.2, 0.25) is 11.9 Å². The van der Waals surface area contributed by atoms with E-state index in [1.54, 1.807) is 0 Å². The van der Waals surface area contributed by atoms with Gasteiger partial charge in [0.15, 0.2) is 0 Å². The van der Waals surface area contributed by atoms with Gasteiger partial charge in [-0.1, -0.05) is 6.92 Å². The number of halogens is 3. The van der Waals surface area contributed by atoms with Gasteiger partial charge in [0, 0.05) is 12.2 Å². The molecule has 0 fully saturated rings. The number of alkyl halides is 3. The molecule has 0 aliphatic carbocycles. The summed E-state index contributed by atoms with van der Waals surface area (Å²) >= 11 is 0. The monoisotopic (exact) mass is 287 g/mol. The number of hydrogen-bond donors (Lipinski definition) is 3. The Labute approximate surface area is 114 Å². The van der Waals surface area contributed by atoms with E-state index in [1.165, 1.54) is 12.1 Å². The molecule has 0 aromatic heterocycles. The number of nitrogens with one attached hydrogen (secondary N) is 1. The molecule has 1 aromatic rings. The Hall–Kier alpha value is -2.25. The van der Waals surface area contributed by atoms with Crippen LogP contribution in [0.2, 0.25) is 0 Å². The summed E-state index contributed by atoms with van der Waals surface area (Å²) in [6, 6.07) is 4.41. The van der Waals surface area contributed by atoms with E-state index in [4.69, 9.17) is 11.5 Å². The van der Waals surface area contributed by atoms with Crippen molar-refractivity contribution in [3.8, 4) is 0 Å². The molecule has 0 bridgehead atoms. The van der Waals surface area contributed by atoms with Crippen LogP contribution in [0.25, 0.3) is 0 Å². The molecule has 0 atom stereocenters. The third-order valence-corrected chi connectivity index (χ3v) is 2.22. The Morgan fingerprint density at radius 1 is 1.20 bits per heavy atom. The minimum atomic E-state index is -4.37. The lowest BCUT2D eigenvalue weighted by Gasteiger charge is -2.08. The Bertz CT molecular complexity index is 491. The maximum atomic E-state index is 12.4. The highest BCUT2D eigenvalue weighted by molar-refractivity contribution is 6.00. The molecule has 5 N–H and O–H groups in total. The third-order valence-electron chi connectivity index (χ3n) is 2.22. The number of rotatable bonds is 3. The van der Waals surface area contributed by atoms with Crippen LogP contribution in [0.5, 0.6) is 0 Å². The highest BCUT2D eigenvalue weighted by Gasteiger charge is 2.29. The summed E-state index contributed by atoms with van der Waals surface area (Å²) in [5.41, 5.74) is 10.7. The first-order chi connectivity index (χ1) is 9.32. The Morgan fingerprint density at radius 2 is 1.80 bits per heavy atom. The van der Waals surface area contributed by atoms with Crippen LogP contribution in [0.3, 0.4) is 0 Å². The number of nitrogens with zero attached hydrogens (tertiary/aromatic N) is 2. The summed E-state index contributed by atoms with van der Waals surface area (Å²) in [6.45, 7) is 2.47. The van der Waals surface area contributed by atoms with Crippen molar-refractivity contribution in [3.05, 3.63) is 29.8 Å². The van der Waals surface area contributed by atoms with Crippen molar-refractivity contribution in [2.75, 3.05) is 11.9 Å². The molecule has 8 heteroatoms. The molecule has 0 unspecified atom stereocenters. The van der Waals surface area contributed by atoms with Crippen LogP contribution >= 0.6 is 0 Å². The summed E-state index contributed by atoms with van der Waals surface area (Å²) in [6.07, 6.45) is -3.54. The van der Waals surface area contributed by atoms with Gasteiger partial charge in [-0.2, -0.15) is 18.2 Å². The molecular formula is C12H16F3N5. The lowest BCUT2D eigenvalue weighted by Crippen LogP contribution is -2.26. The van der Waals surface area contributed by atoms with Gasteiger partial charge in [0.1, 0.15) is 0 Å². The molecule has 0 aliphatic heterocycles. The zero-order valence-electron chi connectivity index (χ0n) is 10.9. The van der Waals surface area contributed by atoms with Crippen molar-refractivity contribution >= 4 is 17.6 Å². The van der Waals surface area contributed by atoms with Gasteiger partial charge in [0.05, 0.1) is 5.56 Å². The molecule has 0 saturated carbocycles. The summed E-state index contributed by atoms with van der Waals surface area (Å²) in [4.78, 5) is 7.68. The van der Waals surface area contributed by atoms with Crippen LogP contribution in [-0.4, -0.2) is 18.5 Å². The van der Waals surface area contributed by atoms with Crippen LogP contribution in [-0.2, 0) is 6.18 Å². The standard InChI is InChI=1S/C12H16F3N5/c1-2-7-18-10(16)20-11(17)19-9-5-3-8(4-6-9)12(13,14)15/h3-6H,2,7H2,1H3,(H5,16,17,18,19,20). The average Bonchev–Trinajstić information content (AvgIpc) is 2.35. The van der Waals surface area contributed by atoms with Crippen LogP contribution in [0.1, 0.15) is 18.9 Å². The predicted molar refractivity (Wildman–Crippen MR) is 73.5 cm³/mol. The fraction of sp³-hybridized carbons (Fsp3) is 0.333. The van der Waals surface area contributed by atoms with E-state index in [9.17, 15) is 13.2 Å². The number of hydrogen-bond acceptors (Lipinski definition) is 1. The highest BCUT2D eigenvalue weighted by Crippen LogP contribution is 2.29. The molecule has 0 radical (unpaired) electrons. The first-order valence-corrected chi connectivity index (χ1v) is 5.91. The molecule has 1 rings (SSSR count). The molecule has 0 amide bonds. The zero-order valence-corrected chi connectivity index (χ0v) is 10.9. The lowest BCUT2D eigenvalue weighted by atomic mass is 10.2. The molecule has 5 nitrogen and oxygen atoms in total. The second-order valence-corrected chi connectivity index (χ2v) is 3.94. The average molecular weight is 287 g/mol. The Kier molecular flexibility index (Phi) is 5.36. The molecular weight excluding hydrogens is 271 g/mol. The van der Waals surface area contributed by atoms with Crippen LogP contribution in [0, 0.1) is 0 Å². The fourth-order valence-corrected chi connectivity index (χ4v) is 1.30. The maximum absolute atomic E-state index is 12.4. The molecule has 0 spiro atoms. The number of nitrogens with two attached hydrogens (primary N) is 2. The highest BCUT2D eigenvalue weighted by atomic mass is 19.4. The second-order valence-electron chi connectivity index (χ2n) is 3.94. The second kappa shape index (κ2) is 6.78. The quantitative estimate of drug-likeness (QED) is 0.588. The summed E-state index contributed by atoms with van der Waals surface area (Å²) in [5, 5.41) is 2.63. The number of aliphatic imine (C=N–C) groups is 2. The SMILES string of the molecule is CCCN=C(N)N=C(N)Nc1ccc(C(F)(F)F)cc1. The lowest BCUT2D eigenvalue weighted by molar-refractivity contribution is -0.137. The number of guanidine groups is 2. The third kappa shape index (κ3) is 5.17. The molecule has 1 aromatic carbocycles. The topological polar surface area (TPSA) is 88.8 Å². The van der Waals surface area contributed by atoms with E-state index in [1.807, 2.05) is 6.92 Å². The number of benzene rings is 1. The van der Waals surface area contributed by atoms with E-state index in [0.717, 1.165) is 18.6 Å². The maximum Gasteiger partial charge on any atom is 0.416 e. The minimum absolute atomic E-state index is 0.0174. The first-order valence-electron chi connectivity index (χ1n) is 5.91. The zero-order chi connectivity index (χ0) is 15.2. The van der Waals surface area contributed by atoms with Gasteiger partial charge >= 0.3 is 6.18 Å². The van der Waals surface area contributed by atoms with E-state index in [-0.39, 0.29) is 11.9 Å². The van der Waals surface area contributed by atoms with E-state index < -0.39 is 11.7 Å². The molecule has 0 saturated heterocycles. The Morgan fingerprint density at radius 3 is 2.30 bits per heavy atom. The number of anilines is 1. The fourth-order valence-electron chi connectivity index (χ4n) is 1.30. The van der Waals surface area contributed by atoms with Gasteiger partial charge in [0.25, 0.3) is 0 Å². The van der Waals surface area contributed by atoms with Gasteiger partial charge in [-0.25, -0.2) is 0 Å². The first kappa shape index (κ1) is 15.8. The van der Waals surface area contributed by atoms with Crippen LogP contribution < -0.4 is 16.8 Å². The predicted octanol–water partition coefficient (Wildman–Crippen LogP) is 2.16. The van der Waals surface area contributed by atoms with Gasteiger partial charge in [-0.15, -0.1) is 0 Å². The Balaban J connectivity index is 2.71. The van der Waals surface area contributed by atoms with Gasteiger partial charge < -0.3 is 16.8 Å². The van der Waals surface area contributed by atoms with Crippen molar-refractivity contribution in [1.82, 2.24) is 0 Å². The van der Waals surface area contributed by atoms with E-state index >= 15 is 0 Å². The largest absolute Gasteiger partial charge is 0.416 e. The van der Waals surface area contributed by atoms with E-state index in [2.05, 4.69) is 15.3 Å². The van der Waals surface area contributed by atoms with Crippen molar-refractivity contribution in [1.29, 1.82) is 0 Å². The molecule has 20 heavy (non-hydrogen) atoms.